The zero-order valence-electron chi connectivity index (χ0n) is 9.36. The minimum absolute atomic E-state index is 0.00272. The summed E-state index contributed by atoms with van der Waals surface area (Å²) in [6.07, 6.45) is -0.154. The van der Waals surface area contributed by atoms with Gasteiger partial charge in [0.05, 0.1) is 5.54 Å². The minimum atomic E-state index is -1.11. The molecule has 1 amide bonds. The van der Waals surface area contributed by atoms with Crippen LogP contribution in [0, 0.1) is 5.41 Å². The fraction of sp³-hybridized carbons (Fsp3) is 0.778. The fourth-order valence-corrected chi connectivity index (χ4v) is 1.99. The first-order valence-corrected chi connectivity index (χ1v) is 5.19. The topological polar surface area (TPSA) is 128 Å². The van der Waals surface area contributed by atoms with Crippen LogP contribution in [0.15, 0.2) is 0 Å². The van der Waals surface area contributed by atoms with Crippen molar-refractivity contribution >= 4 is 11.9 Å². The van der Waals surface area contributed by atoms with E-state index in [4.69, 9.17) is 16.9 Å². The Morgan fingerprint density at radius 3 is 2.38 bits per heavy atom. The maximum atomic E-state index is 11.1. The summed E-state index contributed by atoms with van der Waals surface area (Å²) >= 11 is 0. The second-order valence-corrected chi connectivity index (χ2v) is 4.15. The SMILES string of the molecule is CC(=O)NC1(C(N)O)CCN(C(=N)N)CC1. The van der Waals surface area contributed by atoms with Gasteiger partial charge >= 0.3 is 0 Å². The molecule has 7 heteroatoms. The Labute approximate surface area is 94.3 Å². The number of aliphatic hydroxyl groups is 1. The highest BCUT2D eigenvalue weighted by Crippen LogP contribution is 2.24. The Bertz CT molecular complexity index is 284. The van der Waals surface area contributed by atoms with Gasteiger partial charge in [-0.2, -0.15) is 0 Å². The van der Waals surface area contributed by atoms with Crippen LogP contribution in [-0.4, -0.2) is 46.7 Å². The predicted molar refractivity (Wildman–Crippen MR) is 59.5 cm³/mol. The third kappa shape index (κ3) is 2.61. The second kappa shape index (κ2) is 4.67. The van der Waals surface area contributed by atoms with Gasteiger partial charge in [-0.3, -0.25) is 10.2 Å². The first kappa shape index (κ1) is 12.7. The summed E-state index contributed by atoms with van der Waals surface area (Å²) in [7, 11) is 0. The van der Waals surface area contributed by atoms with Gasteiger partial charge in [0.2, 0.25) is 5.91 Å². The standard InChI is InChI=1S/C9H19N5O2/c1-6(15)13-9(7(10)16)2-4-14(5-3-9)8(11)12/h7,16H,2-5,10H2,1H3,(H3,11,12)(H,13,15). The Morgan fingerprint density at radius 2 is 2.06 bits per heavy atom. The minimum Gasteiger partial charge on any atom is -0.376 e. The summed E-state index contributed by atoms with van der Waals surface area (Å²) in [4.78, 5) is 12.8. The van der Waals surface area contributed by atoms with Crippen LogP contribution in [0.2, 0.25) is 0 Å². The molecule has 0 radical (unpaired) electrons. The number of amides is 1. The van der Waals surface area contributed by atoms with Crippen molar-refractivity contribution in [1.29, 1.82) is 5.41 Å². The van der Waals surface area contributed by atoms with Crippen molar-refractivity contribution in [1.82, 2.24) is 10.2 Å². The maximum absolute atomic E-state index is 11.1. The number of nitrogens with zero attached hydrogens (tertiary/aromatic N) is 1. The molecule has 1 fully saturated rings. The summed E-state index contributed by atoms with van der Waals surface area (Å²) in [5, 5.41) is 19.6. The van der Waals surface area contributed by atoms with Gasteiger partial charge in [-0.1, -0.05) is 0 Å². The van der Waals surface area contributed by atoms with Gasteiger partial charge in [-0.05, 0) is 12.8 Å². The van der Waals surface area contributed by atoms with Crippen molar-refractivity contribution in [3.8, 4) is 0 Å². The number of hydrogen-bond donors (Lipinski definition) is 5. The molecule has 7 nitrogen and oxygen atoms in total. The molecular weight excluding hydrogens is 210 g/mol. The van der Waals surface area contributed by atoms with E-state index in [2.05, 4.69) is 5.32 Å². The Hall–Kier alpha value is -1.34. The molecule has 0 aliphatic carbocycles. The molecule has 0 spiro atoms. The van der Waals surface area contributed by atoms with E-state index in [9.17, 15) is 9.90 Å². The monoisotopic (exact) mass is 229 g/mol. The molecule has 1 saturated heterocycles. The van der Waals surface area contributed by atoms with Crippen molar-refractivity contribution in [3.63, 3.8) is 0 Å². The van der Waals surface area contributed by atoms with Crippen molar-refractivity contribution in [2.24, 2.45) is 11.5 Å². The van der Waals surface area contributed by atoms with Crippen LogP contribution >= 0.6 is 0 Å². The largest absolute Gasteiger partial charge is 0.376 e. The van der Waals surface area contributed by atoms with Crippen LogP contribution in [0.1, 0.15) is 19.8 Å². The number of aliphatic hydroxyl groups excluding tert-OH is 1. The van der Waals surface area contributed by atoms with Crippen molar-refractivity contribution < 1.29 is 9.90 Å². The van der Waals surface area contributed by atoms with Gasteiger partial charge in [0.15, 0.2) is 5.96 Å². The molecule has 7 N–H and O–H groups in total. The molecule has 1 aliphatic rings. The first-order chi connectivity index (χ1) is 7.37. The van der Waals surface area contributed by atoms with Gasteiger partial charge in [0, 0.05) is 20.0 Å². The van der Waals surface area contributed by atoms with E-state index in [0.717, 1.165) is 0 Å². The summed E-state index contributed by atoms with van der Waals surface area (Å²) in [6, 6.07) is 0. The van der Waals surface area contributed by atoms with E-state index in [1.54, 1.807) is 4.90 Å². The van der Waals surface area contributed by atoms with Crippen molar-refractivity contribution in [2.45, 2.75) is 31.5 Å². The number of nitrogens with two attached hydrogens (primary N) is 2. The molecule has 0 aromatic heterocycles. The molecule has 1 atom stereocenters. The molecular formula is C9H19N5O2. The number of hydrogen-bond acceptors (Lipinski definition) is 4. The van der Waals surface area contributed by atoms with Crippen LogP contribution in [0.3, 0.4) is 0 Å². The Kier molecular flexibility index (Phi) is 3.71. The van der Waals surface area contributed by atoms with E-state index in [1.165, 1.54) is 6.92 Å². The average molecular weight is 229 g/mol. The highest BCUT2D eigenvalue weighted by molar-refractivity contribution is 5.75. The second-order valence-electron chi connectivity index (χ2n) is 4.15. The van der Waals surface area contributed by atoms with Crippen molar-refractivity contribution in [3.05, 3.63) is 0 Å². The molecule has 92 valence electrons. The summed E-state index contributed by atoms with van der Waals surface area (Å²) in [5.74, 6) is -0.219. The van der Waals surface area contributed by atoms with Gasteiger partial charge < -0.3 is 26.8 Å². The first-order valence-electron chi connectivity index (χ1n) is 5.19. The van der Waals surface area contributed by atoms with Gasteiger partial charge in [-0.25, -0.2) is 0 Å². The molecule has 0 aromatic carbocycles. The molecule has 0 aromatic rings. The molecule has 1 unspecified atom stereocenters. The molecule has 1 rings (SSSR count). The number of carbonyl (C=O) groups excluding carboxylic acids is 1. The van der Waals surface area contributed by atoms with Gasteiger partial charge in [0.25, 0.3) is 0 Å². The van der Waals surface area contributed by atoms with Gasteiger partial charge in [0.1, 0.15) is 6.23 Å². The third-order valence-electron chi connectivity index (χ3n) is 2.99. The predicted octanol–water partition coefficient (Wildman–Crippen LogP) is -1.87. The lowest BCUT2D eigenvalue weighted by Gasteiger charge is -2.43. The Morgan fingerprint density at radius 1 is 1.56 bits per heavy atom. The zero-order valence-corrected chi connectivity index (χ0v) is 9.36. The number of nitrogens with one attached hydrogen (secondary N) is 2. The molecule has 0 saturated carbocycles. The lowest BCUT2D eigenvalue weighted by Crippen LogP contribution is -2.64. The maximum Gasteiger partial charge on any atom is 0.217 e. The van der Waals surface area contributed by atoms with E-state index < -0.39 is 11.8 Å². The fourth-order valence-electron chi connectivity index (χ4n) is 1.99. The molecule has 0 bridgehead atoms. The smallest absolute Gasteiger partial charge is 0.217 e. The molecule has 16 heavy (non-hydrogen) atoms. The van der Waals surface area contributed by atoms with E-state index in [1.807, 2.05) is 0 Å². The number of carbonyl (C=O) groups is 1. The van der Waals surface area contributed by atoms with Gasteiger partial charge in [-0.15, -0.1) is 0 Å². The van der Waals surface area contributed by atoms with E-state index in [0.29, 0.717) is 25.9 Å². The van der Waals surface area contributed by atoms with E-state index in [-0.39, 0.29) is 11.9 Å². The highest BCUT2D eigenvalue weighted by atomic mass is 16.3. The van der Waals surface area contributed by atoms with E-state index >= 15 is 0 Å². The van der Waals surface area contributed by atoms with Crippen LogP contribution in [0.25, 0.3) is 0 Å². The highest BCUT2D eigenvalue weighted by Gasteiger charge is 2.40. The number of piperidine rings is 1. The summed E-state index contributed by atoms with van der Waals surface area (Å²) < 4.78 is 0. The summed E-state index contributed by atoms with van der Waals surface area (Å²) in [6.45, 7) is 2.40. The quantitative estimate of drug-likeness (QED) is 0.215. The van der Waals surface area contributed by atoms with Crippen LogP contribution in [-0.2, 0) is 4.79 Å². The molecule has 1 heterocycles. The number of guanidine groups is 1. The van der Waals surface area contributed by atoms with Crippen LogP contribution < -0.4 is 16.8 Å². The molecule has 1 aliphatic heterocycles. The normalized spacial score (nSPS) is 21.3. The number of rotatable bonds is 2. The zero-order chi connectivity index (χ0) is 12.3. The lowest BCUT2D eigenvalue weighted by atomic mass is 9.85. The summed E-state index contributed by atoms with van der Waals surface area (Å²) in [5.41, 5.74) is 10.1. The van der Waals surface area contributed by atoms with Crippen molar-refractivity contribution in [2.75, 3.05) is 13.1 Å². The Balaban J connectivity index is 2.69. The lowest BCUT2D eigenvalue weighted by molar-refractivity contribution is -0.123. The van der Waals surface area contributed by atoms with Crippen LogP contribution in [0.5, 0.6) is 0 Å². The van der Waals surface area contributed by atoms with Crippen LogP contribution in [0.4, 0.5) is 0 Å². The average Bonchev–Trinajstić information content (AvgIpc) is 2.17. The number of likely N-dealkylation sites (tertiary alicyclic amines) is 1. The third-order valence-corrected chi connectivity index (χ3v) is 2.99.